The molecule has 180 valence electrons. The maximum Gasteiger partial charge on any atom is 0.161 e. The molecule has 0 aromatic heterocycles. The summed E-state index contributed by atoms with van der Waals surface area (Å²) < 4.78 is 5.36. The highest BCUT2D eigenvalue weighted by Crippen LogP contribution is 2.32. The number of allylic oxidation sites excluding steroid dienone is 5. The first-order chi connectivity index (χ1) is 16.9. The summed E-state index contributed by atoms with van der Waals surface area (Å²) in [5, 5.41) is 12.5. The number of aldehydes is 1. The van der Waals surface area contributed by atoms with Crippen LogP contribution in [0.2, 0.25) is 0 Å². The van der Waals surface area contributed by atoms with E-state index in [1.165, 1.54) is 6.07 Å². The number of phenols is 1. The van der Waals surface area contributed by atoms with Crippen LogP contribution in [0.4, 0.5) is 5.69 Å². The number of para-hydroxylation sites is 1. The fourth-order valence-electron chi connectivity index (χ4n) is 3.49. The fourth-order valence-corrected chi connectivity index (χ4v) is 3.49. The van der Waals surface area contributed by atoms with Crippen molar-refractivity contribution < 1.29 is 19.4 Å². The molecule has 5 nitrogen and oxygen atoms in total. The Morgan fingerprint density at radius 1 is 1.09 bits per heavy atom. The van der Waals surface area contributed by atoms with Crippen LogP contribution in [0.1, 0.15) is 40.1 Å². The van der Waals surface area contributed by atoms with Crippen LogP contribution in [0, 0.1) is 0 Å². The molecule has 0 fully saturated rings. The molecule has 0 aliphatic carbocycles. The number of nitrogens with one attached hydrogen (secondary N) is 1. The third-order valence-corrected chi connectivity index (χ3v) is 5.22. The summed E-state index contributed by atoms with van der Waals surface area (Å²) in [4.78, 5) is 22.2. The number of anilines is 1. The number of phenolic OH excluding ortho intramolecular Hbond substituents is 1. The van der Waals surface area contributed by atoms with Crippen LogP contribution in [-0.4, -0.2) is 31.3 Å². The maximum absolute atomic E-state index is 11.5. The van der Waals surface area contributed by atoms with Crippen LogP contribution in [0.25, 0.3) is 16.7 Å². The zero-order valence-corrected chi connectivity index (χ0v) is 20.5. The lowest BCUT2D eigenvalue weighted by Gasteiger charge is -2.12. The van der Waals surface area contributed by atoms with Gasteiger partial charge in [-0.1, -0.05) is 61.2 Å². The third-order valence-electron chi connectivity index (χ3n) is 5.22. The lowest BCUT2D eigenvalue weighted by atomic mass is 10.00. The maximum atomic E-state index is 11.5. The lowest BCUT2D eigenvalue weighted by Crippen LogP contribution is -2.00. The number of Topliss-reactive ketones (excluding diaryl/α,β-unsaturated/α-hetero) is 1. The number of ketones is 1. The summed E-state index contributed by atoms with van der Waals surface area (Å²) in [5.41, 5.74) is 5.66. The second-order valence-electron chi connectivity index (χ2n) is 7.52. The van der Waals surface area contributed by atoms with Crippen LogP contribution in [0.3, 0.4) is 0 Å². The van der Waals surface area contributed by atoms with Crippen LogP contribution in [-0.2, 0) is 0 Å². The number of aromatic hydroxyl groups is 1. The van der Waals surface area contributed by atoms with Crippen molar-refractivity contribution in [3.63, 3.8) is 0 Å². The van der Waals surface area contributed by atoms with Gasteiger partial charge in [0.15, 0.2) is 12.1 Å². The minimum Gasteiger partial charge on any atom is -0.507 e. The number of benzene rings is 3. The van der Waals surface area contributed by atoms with Gasteiger partial charge in [0.05, 0.1) is 12.7 Å². The topological polar surface area (TPSA) is 75.6 Å². The number of hydrogen-bond donors (Lipinski definition) is 2. The molecular weight excluding hydrogens is 438 g/mol. The Morgan fingerprint density at radius 3 is 2.43 bits per heavy atom. The predicted molar refractivity (Wildman–Crippen MR) is 144 cm³/mol. The molecule has 3 rings (SSSR count). The van der Waals surface area contributed by atoms with Gasteiger partial charge in [0.25, 0.3) is 0 Å². The van der Waals surface area contributed by atoms with Gasteiger partial charge in [-0.25, -0.2) is 0 Å². The van der Waals surface area contributed by atoms with Gasteiger partial charge in [-0.2, -0.15) is 0 Å². The largest absolute Gasteiger partial charge is 0.507 e. The van der Waals surface area contributed by atoms with Crippen LogP contribution in [0.15, 0.2) is 91.5 Å². The second-order valence-corrected chi connectivity index (χ2v) is 7.52. The van der Waals surface area contributed by atoms with Gasteiger partial charge in [0, 0.05) is 23.9 Å². The molecule has 0 aliphatic heterocycles. The second kappa shape index (κ2) is 13.4. The van der Waals surface area contributed by atoms with Crippen molar-refractivity contribution in [1.82, 2.24) is 0 Å². The SMILES string of the molecule is C=C/C=C(\C=C/C)c1ccc(O)c(C=O)c1.CNc1cc(-c2ccccc2OC)ccc1C(C)=O. The Balaban J connectivity index is 0.000000251. The van der Waals surface area contributed by atoms with Crippen molar-refractivity contribution in [3.8, 4) is 22.6 Å². The summed E-state index contributed by atoms with van der Waals surface area (Å²) in [6.07, 6.45) is 8.00. The van der Waals surface area contributed by atoms with Gasteiger partial charge in [0.2, 0.25) is 0 Å². The van der Waals surface area contributed by atoms with E-state index in [1.54, 1.807) is 32.2 Å². The Hall–Kier alpha value is -4.38. The van der Waals surface area contributed by atoms with Gasteiger partial charge in [-0.3, -0.25) is 9.59 Å². The van der Waals surface area contributed by atoms with E-state index in [2.05, 4.69) is 11.9 Å². The van der Waals surface area contributed by atoms with Crippen molar-refractivity contribution >= 4 is 23.3 Å². The minimum atomic E-state index is -0.00261. The fraction of sp³-hybridized carbons (Fsp3) is 0.133. The number of ether oxygens (including phenoxy) is 1. The summed E-state index contributed by atoms with van der Waals surface area (Å²) in [6, 6.07) is 18.5. The minimum absolute atomic E-state index is 0.00261. The average molecular weight is 470 g/mol. The molecule has 0 saturated heterocycles. The Kier molecular flexibility index (Phi) is 10.3. The summed E-state index contributed by atoms with van der Waals surface area (Å²) in [7, 11) is 3.47. The van der Waals surface area contributed by atoms with E-state index in [1.807, 2.05) is 74.7 Å². The van der Waals surface area contributed by atoms with Gasteiger partial charge >= 0.3 is 0 Å². The van der Waals surface area contributed by atoms with Gasteiger partial charge < -0.3 is 15.2 Å². The predicted octanol–water partition coefficient (Wildman–Crippen LogP) is 6.96. The molecule has 0 spiro atoms. The van der Waals surface area contributed by atoms with E-state index >= 15 is 0 Å². The van der Waals surface area contributed by atoms with E-state index < -0.39 is 0 Å². The van der Waals surface area contributed by atoms with Crippen LogP contribution in [0.5, 0.6) is 11.5 Å². The van der Waals surface area contributed by atoms with E-state index in [9.17, 15) is 14.7 Å². The smallest absolute Gasteiger partial charge is 0.161 e. The Bertz CT molecular complexity index is 1250. The highest BCUT2D eigenvalue weighted by Gasteiger charge is 2.10. The van der Waals surface area contributed by atoms with Crippen molar-refractivity contribution in [1.29, 1.82) is 0 Å². The average Bonchev–Trinajstić information content (AvgIpc) is 2.88. The molecule has 0 heterocycles. The molecule has 3 aromatic carbocycles. The first-order valence-electron chi connectivity index (χ1n) is 11.1. The molecule has 5 heteroatoms. The zero-order valence-electron chi connectivity index (χ0n) is 20.5. The van der Waals surface area contributed by atoms with Crippen molar-refractivity contribution in [2.75, 3.05) is 19.5 Å². The first-order valence-corrected chi connectivity index (χ1v) is 11.1. The molecule has 0 saturated carbocycles. The molecule has 0 amide bonds. The number of methoxy groups -OCH3 is 1. The van der Waals surface area contributed by atoms with E-state index in [4.69, 9.17) is 4.74 Å². The Labute approximate surface area is 207 Å². The molecular formula is C30H31NO4. The number of carbonyl (C=O) groups is 2. The standard InChI is InChI=1S/C16H17NO2.C14H14O2/c1-11(18)13-9-8-12(10-15(13)17-2)14-6-4-5-7-16(14)19-3;1-3-5-11(6-4-2)12-7-8-14(16)13(9-12)10-15/h4-10,17H,1-3H3;3-10,16H,1H2,2H3/b;6-4-,11-5+. The molecule has 2 N–H and O–H groups in total. The number of hydrogen-bond acceptors (Lipinski definition) is 5. The van der Waals surface area contributed by atoms with Gasteiger partial charge in [0.1, 0.15) is 11.5 Å². The molecule has 0 radical (unpaired) electrons. The monoisotopic (exact) mass is 469 g/mol. The molecule has 35 heavy (non-hydrogen) atoms. The molecule has 0 unspecified atom stereocenters. The van der Waals surface area contributed by atoms with E-state index in [0.717, 1.165) is 33.7 Å². The van der Waals surface area contributed by atoms with Gasteiger partial charge in [-0.05, 0) is 60.9 Å². The molecule has 0 atom stereocenters. The van der Waals surface area contributed by atoms with Crippen LogP contribution >= 0.6 is 0 Å². The molecule has 0 aliphatic rings. The van der Waals surface area contributed by atoms with E-state index in [0.29, 0.717) is 11.8 Å². The van der Waals surface area contributed by atoms with Crippen molar-refractivity contribution in [3.05, 3.63) is 108 Å². The summed E-state index contributed by atoms with van der Waals surface area (Å²) >= 11 is 0. The van der Waals surface area contributed by atoms with Crippen LogP contribution < -0.4 is 10.1 Å². The summed E-state index contributed by atoms with van der Waals surface area (Å²) in [5.74, 6) is 0.869. The van der Waals surface area contributed by atoms with Crippen molar-refractivity contribution in [2.24, 2.45) is 0 Å². The Morgan fingerprint density at radius 2 is 1.83 bits per heavy atom. The number of rotatable bonds is 8. The summed E-state index contributed by atoms with van der Waals surface area (Å²) in [6.45, 7) is 7.12. The highest BCUT2D eigenvalue weighted by atomic mass is 16.5. The zero-order chi connectivity index (χ0) is 25.8. The van der Waals surface area contributed by atoms with Gasteiger partial charge in [-0.15, -0.1) is 0 Å². The van der Waals surface area contributed by atoms with Crippen molar-refractivity contribution in [2.45, 2.75) is 13.8 Å². The molecule has 3 aromatic rings. The highest BCUT2D eigenvalue weighted by molar-refractivity contribution is 6.00. The first kappa shape index (κ1) is 26.9. The number of carbonyl (C=O) groups excluding carboxylic acids is 2. The normalized spacial score (nSPS) is 10.8. The van der Waals surface area contributed by atoms with E-state index in [-0.39, 0.29) is 17.1 Å². The third kappa shape index (κ3) is 7.05. The molecule has 0 bridgehead atoms. The lowest BCUT2D eigenvalue weighted by molar-refractivity contribution is 0.101. The quantitative estimate of drug-likeness (QED) is 0.212.